The molecule has 0 fully saturated rings. The molecule has 1 N–H and O–H groups in total. The molecule has 0 aromatic heterocycles. The lowest BCUT2D eigenvalue weighted by Gasteiger charge is -2.11. The number of rotatable bonds is 5. The van der Waals surface area contributed by atoms with Crippen LogP contribution in [0.15, 0.2) is 24.3 Å². The predicted octanol–water partition coefficient (Wildman–Crippen LogP) is 1.85. The Hall–Kier alpha value is -1.23. The molecule has 0 saturated carbocycles. The summed E-state index contributed by atoms with van der Waals surface area (Å²) in [6.45, 7) is 3.95. The Morgan fingerprint density at radius 3 is 2.53 bits per heavy atom. The highest BCUT2D eigenvalue weighted by Gasteiger charge is 2.10. The van der Waals surface area contributed by atoms with E-state index in [4.69, 9.17) is 4.74 Å². The molecule has 84 valence electrons. The molecule has 0 bridgehead atoms. The largest absolute Gasteiger partial charge is 0.492 e. The maximum atomic E-state index is 11.4. The minimum Gasteiger partial charge on any atom is -0.492 e. The lowest BCUT2D eigenvalue weighted by Crippen LogP contribution is -2.15. The van der Waals surface area contributed by atoms with Crippen LogP contribution >= 0.6 is 0 Å². The number of benzene rings is 1. The van der Waals surface area contributed by atoms with Crippen LogP contribution in [0.5, 0.6) is 5.75 Å². The van der Waals surface area contributed by atoms with Gasteiger partial charge in [0.05, 0.1) is 18.0 Å². The van der Waals surface area contributed by atoms with Gasteiger partial charge in [-0.05, 0) is 26.0 Å². The van der Waals surface area contributed by atoms with Crippen LogP contribution in [-0.2, 0) is 10.0 Å². The van der Waals surface area contributed by atoms with Crippen molar-refractivity contribution in [1.29, 1.82) is 0 Å². The molecule has 4 nitrogen and oxygen atoms in total. The standard InChI is InChI=1S/C10H15NO3S/c1-3-14-10-8-6-5-7-9(10)11-15(12,13)4-2/h5-8,11H,3-4H2,1-2H3. The molecule has 0 atom stereocenters. The Bertz CT molecular complexity index is 414. The Morgan fingerprint density at radius 1 is 1.27 bits per heavy atom. The molecule has 5 heteroatoms. The van der Waals surface area contributed by atoms with Crippen molar-refractivity contribution in [1.82, 2.24) is 0 Å². The van der Waals surface area contributed by atoms with E-state index in [0.29, 0.717) is 18.0 Å². The second-order valence-corrected chi connectivity index (χ2v) is 4.95. The van der Waals surface area contributed by atoms with Crippen LogP contribution in [0.1, 0.15) is 13.8 Å². The number of sulfonamides is 1. The summed E-state index contributed by atoms with van der Waals surface area (Å²) < 4.78 is 30.5. The predicted molar refractivity (Wildman–Crippen MR) is 60.7 cm³/mol. The van der Waals surface area contributed by atoms with Gasteiger partial charge >= 0.3 is 0 Å². The number of nitrogens with one attached hydrogen (secondary N) is 1. The van der Waals surface area contributed by atoms with Gasteiger partial charge < -0.3 is 4.74 Å². The van der Waals surface area contributed by atoms with Crippen molar-refractivity contribution in [3.63, 3.8) is 0 Å². The number of ether oxygens (including phenoxy) is 1. The third kappa shape index (κ3) is 3.43. The second-order valence-electron chi connectivity index (χ2n) is 2.93. The van der Waals surface area contributed by atoms with Gasteiger partial charge in [-0.2, -0.15) is 0 Å². The molecule has 15 heavy (non-hydrogen) atoms. The van der Waals surface area contributed by atoms with Crippen LogP contribution < -0.4 is 9.46 Å². The van der Waals surface area contributed by atoms with Gasteiger partial charge in [0.15, 0.2) is 0 Å². The fourth-order valence-corrected chi connectivity index (χ4v) is 1.72. The molecule has 0 aliphatic rings. The number of hydrogen-bond acceptors (Lipinski definition) is 3. The molecule has 1 aromatic rings. The minimum atomic E-state index is -3.24. The Balaban J connectivity index is 2.94. The van der Waals surface area contributed by atoms with E-state index in [1.54, 1.807) is 31.2 Å². The maximum absolute atomic E-state index is 11.4. The monoisotopic (exact) mass is 229 g/mol. The van der Waals surface area contributed by atoms with Gasteiger partial charge in [-0.1, -0.05) is 12.1 Å². The first kappa shape index (κ1) is 11.8. The van der Waals surface area contributed by atoms with Crippen LogP contribution in [0, 0.1) is 0 Å². The normalized spacial score (nSPS) is 11.1. The Morgan fingerprint density at radius 2 is 1.93 bits per heavy atom. The van der Waals surface area contributed by atoms with Gasteiger partial charge in [0.25, 0.3) is 0 Å². The van der Waals surface area contributed by atoms with E-state index in [2.05, 4.69) is 4.72 Å². The Labute approximate surface area is 90.3 Å². The van der Waals surface area contributed by atoms with Crippen molar-refractivity contribution >= 4 is 15.7 Å². The fraction of sp³-hybridized carbons (Fsp3) is 0.400. The molecular formula is C10H15NO3S. The summed E-state index contributed by atoms with van der Waals surface area (Å²) in [4.78, 5) is 0. The minimum absolute atomic E-state index is 0.0491. The first-order valence-corrected chi connectivity index (χ1v) is 6.46. The summed E-state index contributed by atoms with van der Waals surface area (Å²) in [5, 5.41) is 0. The van der Waals surface area contributed by atoms with Crippen LogP contribution in [0.25, 0.3) is 0 Å². The van der Waals surface area contributed by atoms with Gasteiger partial charge in [-0.15, -0.1) is 0 Å². The van der Waals surface area contributed by atoms with Crippen LogP contribution in [0.4, 0.5) is 5.69 Å². The van der Waals surface area contributed by atoms with E-state index in [-0.39, 0.29) is 5.75 Å². The van der Waals surface area contributed by atoms with Gasteiger partial charge in [-0.3, -0.25) is 4.72 Å². The third-order valence-corrected chi connectivity index (χ3v) is 3.12. The van der Waals surface area contributed by atoms with E-state index >= 15 is 0 Å². The highest BCUT2D eigenvalue weighted by atomic mass is 32.2. The molecule has 0 amide bonds. The summed E-state index contributed by atoms with van der Waals surface area (Å²) in [6.07, 6.45) is 0. The van der Waals surface area contributed by atoms with Gasteiger partial charge in [0.2, 0.25) is 10.0 Å². The summed E-state index contributed by atoms with van der Waals surface area (Å²) in [7, 11) is -3.24. The molecule has 0 aliphatic heterocycles. The number of para-hydroxylation sites is 2. The third-order valence-electron chi connectivity index (χ3n) is 1.83. The molecule has 0 spiro atoms. The van der Waals surface area contributed by atoms with Gasteiger partial charge in [0.1, 0.15) is 5.75 Å². The van der Waals surface area contributed by atoms with Crippen molar-refractivity contribution in [2.75, 3.05) is 17.1 Å². The van der Waals surface area contributed by atoms with E-state index in [9.17, 15) is 8.42 Å². The molecule has 1 rings (SSSR count). The topological polar surface area (TPSA) is 55.4 Å². The molecule has 1 aromatic carbocycles. The van der Waals surface area contributed by atoms with Crippen LogP contribution in [-0.4, -0.2) is 20.8 Å². The average Bonchev–Trinajstić information content (AvgIpc) is 2.21. The summed E-state index contributed by atoms with van der Waals surface area (Å²) in [5.74, 6) is 0.602. The summed E-state index contributed by atoms with van der Waals surface area (Å²) >= 11 is 0. The van der Waals surface area contributed by atoms with Crippen LogP contribution in [0.3, 0.4) is 0 Å². The Kier molecular flexibility index (Phi) is 3.96. The first-order chi connectivity index (χ1) is 7.09. The molecule has 0 saturated heterocycles. The van der Waals surface area contributed by atoms with Crippen molar-refractivity contribution < 1.29 is 13.2 Å². The molecule has 0 aliphatic carbocycles. The van der Waals surface area contributed by atoms with Crippen molar-refractivity contribution in [2.24, 2.45) is 0 Å². The lowest BCUT2D eigenvalue weighted by molar-refractivity contribution is 0.342. The summed E-state index contributed by atoms with van der Waals surface area (Å²) in [6, 6.07) is 6.97. The van der Waals surface area contributed by atoms with Crippen molar-refractivity contribution in [2.45, 2.75) is 13.8 Å². The lowest BCUT2D eigenvalue weighted by atomic mass is 10.3. The zero-order valence-corrected chi connectivity index (χ0v) is 9.67. The van der Waals surface area contributed by atoms with E-state index in [0.717, 1.165) is 0 Å². The quantitative estimate of drug-likeness (QED) is 0.838. The first-order valence-electron chi connectivity index (χ1n) is 4.81. The smallest absolute Gasteiger partial charge is 0.232 e. The summed E-state index contributed by atoms with van der Waals surface area (Å²) in [5.41, 5.74) is 0.487. The highest BCUT2D eigenvalue weighted by Crippen LogP contribution is 2.24. The SMILES string of the molecule is CCOc1ccccc1NS(=O)(=O)CC. The van der Waals surface area contributed by atoms with E-state index < -0.39 is 10.0 Å². The van der Waals surface area contributed by atoms with Gasteiger partial charge in [-0.25, -0.2) is 8.42 Å². The van der Waals surface area contributed by atoms with E-state index in [1.807, 2.05) is 6.92 Å². The molecule has 0 radical (unpaired) electrons. The molecule has 0 heterocycles. The maximum Gasteiger partial charge on any atom is 0.232 e. The number of anilines is 1. The van der Waals surface area contributed by atoms with Crippen LogP contribution in [0.2, 0.25) is 0 Å². The van der Waals surface area contributed by atoms with Gasteiger partial charge in [0, 0.05) is 0 Å². The van der Waals surface area contributed by atoms with E-state index in [1.165, 1.54) is 0 Å². The second kappa shape index (κ2) is 5.02. The fourth-order valence-electron chi connectivity index (χ4n) is 1.07. The molecule has 0 unspecified atom stereocenters. The average molecular weight is 229 g/mol. The zero-order valence-electron chi connectivity index (χ0n) is 8.86. The molecular weight excluding hydrogens is 214 g/mol. The number of hydrogen-bond donors (Lipinski definition) is 1. The highest BCUT2D eigenvalue weighted by molar-refractivity contribution is 7.92. The zero-order chi connectivity index (χ0) is 11.3. The van der Waals surface area contributed by atoms with Crippen molar-refractivity contribution in [3.05, 3.63) is 24.3 Å². The van der Waals surface area contributed by atoms with Crippen molar-refractivity contribution in [3.8, 4) is 5.75 Å².